The second-order valence-corrected chi connectivity index (χ2v) is 8.44. The van der Waals surface area contributed by atoms with E-state index >= 15 is 0 Å². The minimum absolute atomic E-state index is 0.468. The van der Waals surface area contributed by atoms with Crippen LogP contribution >= 0.6 is 0 Å². The molecule has 0 unspecified atom stereocenters. The topological polar surface area (TPSA) is 49.4 Å². The van der Waals surface area contributed by atoms with Crippen molar-refractivity contribution in [1.29, 1.82) is 0 Å². The average molecular weight is 300 g/mol. The molecule has 2 atom stereocenters. The number of nitrogens with zero attached hydrogens (tertiary/aromatic N) is 1. The van der Waals surface area contributed by atoms with E-state index in [2.05, 4.69) is 25.2 Å². The smallest absolute Gasteiger partial charge is 0.211 e. The fourth-order valence-corrected chi connectivity index (χ4v) is 4.30. The van der Waals surface area contributed by atoms with Crippen LogP contribution in [0.5, 0.6) is 0 Å². The van der Waals surface area contributed by atoms with E-state index in [0.29, 0.717) is 25.0 Å². The molecule has 0 spiro atoms. The second kappa shape index (κ2) is 6.58. The molecule has 116 valence electrons. The molecule has 0 aromatic heterocycles. The molecule has 0 aromatic carbocycles. The van der Waals surface area contributed by atoms with Gasteiger partial charge < -0.3 is 5.32 Å². The Balaban J connectivity index is 1.79. The zero-order valence-electron chi connectivity index (χ0n) is 12.9. The Hall–Kier alpha value is -0.390. The van der Waals surface area contributed by atoms with Crippen molar-refractivity contribution in [1.82, 2.24) is 9.62 Å². The normalized spacial score (nSPS) is 30.2. The summed E-state index contributed by atoms with van der Waals surface area (Å²) in [6, 6.07) is 0.468. The molecular weight excluding hydrogens is 272 g/mol. The summed E-state index contributed by atoms with van der Waals surface area (Å²) in [6.07, 6.45) is 8.04. The molecule has 1 N–H and O–H groups in total. The SMILES string of the molecule is CC1=CCC[C@H](C)[C@@H]1CNC1CCN(S(C)(=O)=O)CC1. The Morgan fingerprint density at radius 3 is 2.50 bits per heavy atom. The largest absolute Gasteiger partial charge is 0.313 e. The van der Waals surface area contributed by atoms with Gasteiger partial charge in [-0.1, -0.05) is 18.6 Å². The lowest BCUT2D eigenvalue weighted by molar-refractivity contribution is 0.268. The van der Waals surface area contributed by atoms with Gasteiger partial charge in [-0.2, -0.15) is 0 Å². The molecule has 1 fully saturated rings. The van der Waals surface area contributed by atoms with E-state index < -0.39 is 10.0 Å². The highest BCUT2D eigenvalue weighted by molar-refractivity contribution is 7.88. The van der Waals surface area contributed by atoms with E-state index in [9.17, 15) is 8.42 Å². The van der Waals surface area contributed by atoms with Crippen LogP contribution < -0.4 is 5.32 Å². The minimum Gasteiger partial charge on any atom is -0.313 e. The van der Waals surface area contributed by atoms with Gasteiger partial charge in [0.15, 0.2) is 0 Å². The summed E-state index contributed by atoms with van der Waals surface area (Å²) < 4.78 is 24.6. The fraction of sp³-hybridized carbons (Fsp3) is 0.867. The maximum absolute atomic E-state index is 11.5. The van der Waals surface area contributed by atoms with Crippen LogP contribution in [0, 0.1) is 11.8 Å². The van der Waals surface area contributed by atoms with E-state index in [0.717, 1.165) is 25.3 Å². The van der Waals surface area contributed by atoms with E-state index in [1.54, 1.807) is 4.31 Å². The fourth-order valence-electron chi connectivity index (χ4n) is 3.42. The van der Waals surface area contributed by atoms with Crippen molar-refractivity contribution in [3.63, 3.8) is 0 Å². The standard InChI is InChI=1S/C15H28N2O2S/c1-12-5-4-6-13(2)15(12)11-16-14-7-9-17(10-8-14)20(3,18)19/h5,13-16H,4,6-11H2,1-3H3/t13-,15+/m0/s1. The van der Waals surface area contributed by atoms with Crippen LogP contribution in [-0.2, 0) is 10.0 Å². The summed E-state index contributed by atoms with van der Waals surface area (Å²) in [5.74, 6) is 1.40. The van der Waals surface area contributed by atoms with Crippen LogP contribution in [0.15, 0.2) is 11.6 Å². The van der Waals surface area contributed by atoms with Gasteiger partial charge in [-0.05, 0) is 44.4 Å². The van der Waals surface area contributed by atoms with Gasteiger partial charge in [0.05, 0.1) is 6.26 Å². The lowest BCUT2D eigenvalue weighted by Crippen LogP contribution is -2.46. The molecule has 1 saturated heterocycles. The minimum atomic E-state index is -3.01. The van der Waals surface area contributed by atoms with Crippen LogP contribution in [0.3, 0.4) is 0 Å². The third-order valence-electron chi connectivity index (χ3n) is 4.91. The van der Waals surface area contributed by atoms with Crippen molar-refractivity contribution >= 4 is 10.0 Å². The molecule has 1 aliphatic carbocycles. The number of hydrogen-bond donors (Lipinski definition) is 1. The van der Waals surface area contributed by atoms with Crippen molar-refractivity contribution in [2.24, 2.45) is 11.8 Å². The van der Waals surface area contributed by atoms with Gasteiger partial charge in [0.2, 0.25) is 10.0 Å². The molecule has 4 nitrogen and oxygen atoms in total. The van der Waals surface area contributed by atoms with Gasteiger partial charge in [0.25, 0.3) is 0 Å². The highest BCUT2D eigenvalue weighted by Gasteiger charge is 2.27. The van der Waals surface area contributed by atoms with Gasteiger partial charge in [-0.15, -0.1) is 0 Å². The quantitative estimate of drug-likeness (QED) is 0.808. The van der Waals surface area contributed by atoms with Gasteiger partial charge in [-0.3, -0.25) is 0 Å². The molecule has 20 heavy (non-hydrogen) atoms. The third kappa shape index (κ3) is 4.06. The van der Waals surface area contributed by atoms with Gasteiger partial charge in [0.1, 0.15) is 0 Å². The summed E-state index contributed by atoms with van der Waals surface area (Å²) >= 11 is 0. The summed E-state index contributed by atoms with van der Waals surface area (Å²) in [6.45, 7) is 6.94. The predicted octanol–water partition coefficient (Wildman–Crippen LogP) is 1.99. The van der Waals surface area contributed by atoms with E-state index in [1.165, 1.54) is 24.7 Å². The zero-order valence-corrected chi connectivity index (χ0v) is 13.7. The highest BCUT2D eigenvalue weighted by atomic mass is 32.2. The summed E-state index contributed by atoms with van der Waals surface area (Å²) in [5, 5.41) is 3.66. The number of piperidine rings is 1. The van der Waals surface area contributed by atoms with Gasteiger partial charge in [0, 0.05) is 25.7 Å². The van der Waals surface area contributed by atoms with E-state index in [4.69, 9.17) is 0 Å². The lowest BCUT2D eigenvalue weighted by atomic mass is 9.80. The summed E-state index contributed by atoms with van der Waals surface area (Å²) in [4.78, 5) is 0. The van der Waals surface area contributed by atoms with E-state index in [1.807, 2.05) is 0 Å². The zero-order chi connectivity index (χ0) is 14.8. The Kier molecular flexibility index (Phi) is 5.26. The molecule has 1 aliphatic heterocycles. The Labute approximate surface area is 123 Å². The van der Waals surface area contributed by atoms with Crippen LogP contribution in [-0.4, -0.2) is 44.7 Å². The average Bonchev–Trinajstić information content (AvgIpc) is 2.37. The maximum atomic E-state index is 11.5. The van der Waals surface area contributed by atoms with E-state index in [-0.39, 0.29) is 0 Å². The van der Waals surface area contributed by atoms with Crippen molar-refractivity contribution in [3.8, 4) is 0 Å². The van der Waals surface area contributed by atoms with Gasteiger partial charge >= 0.3 is 0 Å². The summed E-state index contributed by atoms with van der Waals surface area (Å²) in [5.41, 5.74) is 1.52. The molecule has 0 bridgehead atoms. The molecule has 2 aliphatic rings. The molecule has 2 rings (SSSR count). The van der Waals surface area contributed by atoms with Crippen LogP contribution in [0.1, 0.15) is 39.5 Å². The van der Waals surface area contributed by atoms with Crippen molar-refractivity contribution < 1.29 is 8.42 Å². The van der Waals surface area contributed by atoms with Crippen LogP contribution in [0.2, 0.25) is 0 Å². The highest BCUT2D eigenvalue weighted by Crippen LogP contribution is 2.29. The Morgan fingerprint density at radius 2 is 1.95 bits per heavy atom. The van der Waals surface area contributed by atoms with Gasteiger partial charge in [-0.25, -0.2) is 12.7 Å². The lowest BCUT2D eigenvalue weighted by Gasteiger charge is -2.34. The van der Waals surface area contributed by atoms with Crippen LogP contribution in [0.25, 0.3) is 0 Å². The first kappa shape index (κ1) is 16.0. The van der Waals surface area contributed by atoms with Crippen molar-refractivity contribution in [3.05, 3.63) is 11.6 Å². The number of nitrogens with one attached hydrogen (secondary N) is 1. The third-order valence-corrected chi connectivity index (χ3v) is 6.21. The molecular formula is C15H28N2O2S. The summed E-state index contributed by atoms with van der Waals surface area (Å²) in [7, 11) is -3.01. The molecule has 0 saturated carbocycles. The monoisotopic (exact) mass is 300 g/mol. The number of allylic oxidation sites excluding steroid dienone is 1. The molecule has 5 heteroatoms. The molecule has 1 heterocycles. The van der Waals surface area contributed by atoms with Crippen molar-refractivity contribution in [2.75, 3.05) is 25.9 Å². The first-order valence-electron chi connectivity index (χ1n) is 7.73. The van der Waals surface area contributed by atoms with Crippen LogP contribution in [0.4, 0.5) is 0 Å². The molecule has 0 aromatic rings. The first-order chi connectivity index (χ1) is 9.38. The Morgan fingerprint density at radius 1 is 1.30 bits per heavy atom. The number of sulfonamides is 1. The second-order valence-electron chi connectivity index (χ2n) is 6.45. The maximum Gasteiger partial charge on any atom is 0.211 e. The Bertz CT molecular complexity index is 450. The first-order valence-corrected chi connectivity index (χ1v) is 9.58. The number of hydrogen-bond acceptors (Lipinski definition) is 3. The predicted molar refractivity (Wildman–Crippen MR) is 83.1 cm³/mol. The molecule has 0 radical (unpaired) electrons. The number of rotatable bonds is 4. The van der Waals surface area contributed by atoms with Crippen molar-refractivity contribution in [2.45, 2.75) is 45.6 Å². The molecule has 0 amide bonds.